The molecule has 0 saturated carbocycles. The molecule has 0 saturated heterocycles. The predicted octanol–water partition coefficient (Wildman–Crippen LogP) is 5.75. The number of hydrogen-bond donors (Lipinski definition) is 1. The lowest BCUT2D eigenvalue weighted by atomic mass is 10.0. The third kappa shape index (κ3) is 4.42. The highest BCUT2D eigenvalue weighted by Gasteiger charge is 2.28. The number of thiophene rings is 1. The molecule has 0 spiro atoms. The van der Waals surface area contributed by atoms with Crippen LogP contribution in [0.3, 0.4) is 0 Å². The Kier molecular flexibility index (Phi) is 7.27. The molecule has 4 aromatic rings. The first-order valence-corrected chi connectivity index (χ1v) is 12.3. The fourth-order valence-electron chi connectivity index (χ4n) is 4.01. The van der Waals surface area contributed by atoms with Crippen molar-refractivity contribution in [3.63, 3.8) is 0 Å². The van der Waals surface area contributed by atoms with Crippen molar-refractivity contribution < 1.29 is 19.4 Å². The van der Waals surface area contributed by atoms with Gasteiger partial charge >= 0.3 is 0 Å². The van der Waals surface area contributed by atoms with E-state index in [1.165, 1.54) is 21.1 Å². The molecule has 0 aliphatic rings. The first-order chi connectivity index (χ1) is 17.2. The summed E-state index contributed by atoms with van der Waals surface area (Å²) in [4.78, 5) is 26.8. The number of aryl methyl sites for hydroxylation is 1. The number of ketones is 1. The number of hydrogen-bond acceptors (Lipinski definition) is 7. The van der Waals surface area contributed by atoms with Crippen molar-refractivity contribution in [2.45, 2.75) is 19.9 Å². The summed E-state index contributed by atoms with van der Waals surface area (Å²) in [5.74, 6) is -0.0291. The van der Waals surface area contributed by atoms with Crippen LogP contribution in [0.1, 0.15) is 31.9 Å². The molecule has 2 aromatic heterocycles. The van der Waals surface area contributed by atoms with Crippen molar-refractivity contribution in [1.29, 1.82) is 5.26 Å². The fourth-order valence-corrected chi connectivity index (χ4v) is 5.75. The first-order valence-electron chi connectivity index (χ1n) is 10.7. The van der Waals surface area contributed by atoms with Crippen molar-refractivity contribution in [3.8, 4) is 23.4 Å². The molecule has 0 atom stereocenters. The summed E-state index contributed by atoms with van der Waals surface area (Å²) in [6.45, 7) is 1.48. The number of nitriles is 1. The third-order valence-corrected chi connectivity index (χ3v) is 7.79. The van der Waals surface area contributed by atoms with Crippen LogP contribution in [0.2, 0.25) is 10.0 Å². The lowest BCUT2D eigenvalue weighted by Gasteiger charge is -2.16. The van der Waals surface area contributed by atoms with Crippen LogP contribution in [0.25, 0.3) is 10.1 Å². The number of benzene rings is 2. The zero-order chi connectivity index (χ0) is 26.1. The van der Waals surface area contributed by atoms with Gasteiger partial charge in [0.2, 0.25) is 11.7 Å². The summed E-state index contributed by atoms with van der Waals surface area (Å²) in [5.41, 5.74) is -0.144. The van der Waals surface area contributed by atoms with Gasteiger partial charge in [-0.2, -0.15) is 5.26 Å². The molecule has 0 fully saturated rings. The number of aromatic hydroxyl groups is 1. The SMILES string of the molecule is COc1ccc(CCn2c(O)c(C(=O)c3sc4cc(Cl)ccc4c3Cl)c(C)c(C#N)c2=O)cc1OC. The van der Waals surface area contributed by atoms with Gasteiger partial charge in [-0.1, -0.05) is 35.3 Å². The largest absolute Gasteiger partial charge is 0.494 e. The van der Waals surface area contributed by atoms with E-state index in [1.807, 2.05) is 6.07 Å². The van der Waals surface area contributed by atoms with Gasteiger partial charge in [-0.3, -0.25) is 14.2 Å². The van der Waals surface area contributed by atoms with Gasteiger partial charge in [0.1, 0.15) is 11.6 Å². The minimum Gasteiger partial charge on any atom is -0.494 e. The number of carbonyl (C=O) groups excluding carboxylic acids is 1. The molecule has 1 N–H and O–H groups in total. The highest BCUT2D eigenvalue weighted by Crippen LogP contribution is 2.39. The molecule has 0 amide bonds. The summed E-state index contributed by atoms with van der Waals surface area (Å²) in [6, 6.07) is 12.2. The second-order valence-electron chi connectivity index (χ2n) is 7.92. The third-order valence-electron chi connectivity index (χ3n) is 5.90. The lowest BCUT2D eigenvalue weighted by Crippen LogP contribution is -2.27. The highest BCUT2D eigenvalue weighted by molar-refractivity contribution is 7.21. The zero-order valence-corrected chi connectivity index (χ0v) is 21.8. The number of nitrogens with zero attached hydrogens (tertiary/aromatic N) is 2. The van der Waals surface area contributed by atoms with Crippen molar-refractivity contribution >= 4 is 50.4 Å². The molecule has 2 heterocycles. The Labute approximate surface area is 220 Å². The van der Waals surface area contributed by atoms with Crippen LogP contribution < -0.4 is 15.0 Å². The number of halogens is 2. The second-order valence-corrected chi connectivity index (χ2v) is 9.79. The molecular weight excluding hydrogens is 523 g/mol. The fraction of sp³-hybridized carbons (Fsp3) is 0.192. The number of aromatic nitrogens is 1. The van der Waals surface area contributed by atoms with Gasteiger partial charge in [-0.05, 0) is 48.7 Å². The van der Waals surface area contributed by atoms with Gasteiger partial charge in [-0.25, -0.2) is 0 Å². The Morgan fingerprint density at radius 2 is 1.86 bits per heavy atom. The van der Waals surface area contributed by atoms with Crippen LogP contribution in [-0.2, 0) is 13.0 Å². The second kappa shape index (κ2) is 10.2. The normalized spacial score (nSPS) is 10.9. The number of ether oxygens (including phenoxy) is 2. The minimum absolute atomic E-state index is 0.0190. The van der Waals surface area contributed by atoms with Crippen molar-refractivity contribution in [3.05, 3.63) is 83.9 Å². The maximum absolute atomic E-state index is 13.6. The summed E-state index contributed by atoms with van der Waals surface area (Å²) in [5, 5.41) is 22.1. The minimum atomic E-state index is -0.682. The average Bonchev–Trinajstić information content (AvgIpc) is 3.19. The number of methoxy groups -OCH3 is 2. The van der Waals surface area contributed by atoms with E-state index in [0.29, 0.717) is 33.0 Å². The lowest BCUT2D eigenvalue weighted by molar-refractivity contribution is 0.103. The van der Waals surface area contributed by atoms with Crippen LogP contribution in [0.4, 0.5) is 0 Å². The Hall–Kier alpha value is -3.51. The van der Waals surface area contributed by atoms with E-state index in [1.54, 1.807) is 36.4 Å². The van der Waals surface area contributed by atoms with Crippen LogP contribution in [0.5, 0.6) is 17.4 Å². The Morgan fingerprint density at radius 3 is 2.53 bits per heavy atom. The van der Waals surface area contributed by atoms with Crippen molar-refractivity contribution in [2.75, 3.05) is 14.2 Å². The highest BCUT2D eigenvalue weighted by atomic mass is 35.5. The molecule has 0 aliphatic carbocycles. The quantitative estimate of drug-likeness (QED) is 0.298. The topological polar surface area (TPSA) is 102 Å². The number of fused-ring (bicyclic) bond motifs is 1. The van der Waals surface area contributed by atoms with E-state index in [-0.39, 0.29) is 33.1 Å². The monoisotopic (exact) mass is 542 g/mol. The van der Waals surface area contributed by atoms with E-state index in [9.17, 15) is 20.0 Å². The molecule has 0 bridgehead atoms. The van der Waals surface area contributed by atoms with E-state index in [4.69, 9.17) is 32.7 Å². The van der Waals surface area contributed by atoms with Gasteiger partial charge in [0.15, 0.2) is 11.5 Å². The molecule has 0 radical (unpaired) electrons. The van der Waals surface area contributed by atoms with Gasteiger partial charge in [0.25, 0.3) is 5.56 Å². The molecule has 36 heavy (non-hydrogen) atoms. The maximum atomic E-state index is 13.6. The summed E-state index contributed by atoms with van der Waals surface area (Å²) in [6.07, 6.45) is 0.317. The number of carbonyl (C=O) groups is 1. The standard InChI is InChI=1S/C26H20Cl2N2O5S/c1-13-17(12-29)25(32)30(9-8-14-4-7-18(34-2)19(10-14)35-3)26(33)21(13)23(31)24-22(28)16-6-5-15(27)11-20(16)36-24/h4-7,10-11,33H,8-9H2,1-3H3. The molecule has 10 heteroatoms. The van der Waals surface area contributed by atoms with E-state index < -0.39 is 17.2 Å². The molecule has 0 unspecified atom stereocenters. The number of pyridine rings is 1. The van der Waals surface area contributed by atoms with Crippen LogP contribution in [0, 0.1) is 18.3 Å². The smallest absolute Gasteiger partial charge is 0.271 e. The summed E-state index contributed by atoms with van der Waals surface area (Å²) < 4.78 is 12.3. The molecule has 184 valence electrons. The van der Waals surface area contributed by atoms with Crippen molar-refractivity contribution in [2.24, 2.45) is 0 Å². The van der Waals surface area contributed by atoms with Gasteiger partial charge in [0, 0.05) is 21.7 Å². The van der Waals surface area contributed by atoms with Crippen LogP contribution in [0.15, 0.2) is 41.2 Å². The Bertz CT molecular complexity index is 1620. The van der Waals surface area contributed by atoms with Crippen LogP contribution in [-0.4, -0.2) is 29.7 Å². The number of rotatable bonds is 7. The molecule has 2 aromatic carbocycles. The average molecular weight is 543 g/mol. The zero-order valence-electron chi connectivity index (χ0n) is 19.5. The Morgan fingerprint density at radius 1 is 1.14 bits per heavy atom. The van der Waals surface area contributed by atoms with E-state index >= 15 is 0 Å². The van der Waals surface area contributed by atoms with Crippen LogP contribution >= 0.6 is 34.5 Å². The van der Waals surface area contributed by atoms with E-state index in [2.05, 4.69) is 0 Å². The summed E-state index contributed by atoms with van der Waals surface area (Å²) in [7, 11) is 3.04. The summed E-state index contributed by atoms with van der Waals surface area (Å²) >= 11 is 13.7. The predicted molar refractivity (Wildman–Crippen MR) is 140 cm³/mol. The van der Waals surface area contributed by atoms with Gasteiger partial charge in [0.05, 0.1) is 29.7 Å². The van der Waals surface area contributed by atoms with Gasteiger partial charge < -0.3 is 14.6 Å². The molecule has 0 aliphatic heterocycles. The van der Waals surface area contributed by atoms with Crippen molar-refractivity contribution in [1.82, 2.24) is 4.57 Å². The molecule has 4 rings (SSSR count). The first kappa shape index (κ1) is 25.6. The molecule has 7 nitrogen and oxygen atoms in total. The molecular formula is C26H20Cl2N2O5S. The maximum Gasteiger partial charge on any atom is 0.271 e. The van der Waals surface area contributed by atoms with E-state index in [0.717, 1.165) is 21.5 Å². The van der Waals surface area contributed by atoms with Gasteiger partial charge in [-0.15, -0.1) is 11.3 Å². The Balaban J connectivity index is 1.79.